The molecule has 0 radical (unpaired) electrons. The van der Waals surface area contributed by atoms with E-state index in [1.807, 2.05) is 10.7 Å². The molecule has 0 unspecified atom stereocenters. The second kappa shape index (κ2) is 6.49. The Morgan fingerprint density at radius 3 is 2.72 bits per heavy atom. The molecule has 1 aliphatic rings. The maximum atomic E-state index is 11.0. The van der Waals surface area contributed by atoms with Crippen molar-refractivity contribution >= 4 is 22.2 Å². The third-order valence-corrected chi connectivity index (χ3v) is 4.61. The van der Waals surface area contributed by atoms with Crippen LogP contribution in [0, 0.1) is 10.1 Å². The third kappa shape index (κ3) is 3.16. The molecule has 6 heteroatoms. The molecule has 0 bridgehead atoms. The van der Waals surface area contributed by atoms with Gasteiger partial charge >= 0.3 is 0 Å². The number of hydrogen-bond donors (Lipinski definition) is 0. The van der Waals surface area contributed by atoms with Gasteiger partial charge in [0.25, 0.3) is 5.69 Å². The molecule has 0 spiro atoms. The highest BCUT2D eigenvalue weighted by Gasteiger charge is 2.15. The highest BCUT2D eigenvalue weighted by atomic mass is 16.6. The van der Waals surface area contributed by atoms with Crippen molar-refractivity contribution in [2.75, 3.05) is 13.1 Å². The Hall–Kier alpha value is -2.99. The normalized spacial score (nSPS) is 15.3. The molecular formula is C19H18N4O2. The summed E-state index contributed by atoms with van der Waals surface area (Å²) in [6.07, 6.45) is 5.00. The van der Waals surface area contributed by atoms with Crippen LogP contribution in [0.4, 0.5) is 5.69 Å². The van der Waals surface area contributed by atoms with Gasteiger partial charge in [0.15, 0.2) is 0 Å². The summed E-state index contributed by atoms with van der Waals surface area (Å²) in [6.45, 7) is 2.42. The van der Waals surface area contributed by atoms with Crippen molar-refractivity contribution in [3.63, 3.8) is 0 Å². The second-order valence-electron chi connectivity index (χ2n) is 6.21. The van der Waals surface area contributed by atoms with Crippen molar-refractivity contribution in [2.24, 2.45) is 0 Å². The number of aromatic nitrogens is 2. The first-order valence-corrected chi connectivity index (χ1v) is 8.27. The van der Waals surface area contributed by atoms with Gasteiger partial charge in [-0.25, -0.2) is 0 Å². The number of fused-ring (bicyclic) bond motifs is 1. The van der Waals surface area contributed by atoms with E-state index in [4.69, 9.17) is 0 Å². The zero-order valence-electron chi connectivity index (χ0n) is 13.7. The highest BCUT2D eigenvalue weighted by Crippen LogP contribution is 2.24. The van der Waals surface area contributed by atoms with Gasteiger partial charge in [0, 0.05) is 30.6 Å². The summed E-state index contributed by atoms with van der Waals surface area (Å²) >= 11 is 0. The SMILES string of the molecule is O=[N+]([O-])c1ccc2cnn(CN3CC=C(c4ccccc4)CC3)c2c1. The molecule has 126 valence electrons. The smallest absolute Gasteiger partial charge is 0.271 e. The molecule has 0 aliphatic carbocycles. The fourth-order valence-corrected chi connectivity index (χ4v) is 3.23. The van der Waals surface area contributed by atoms with Crippen molar-refractivity contribution in [1.29, 1.82) is 0 Å². The number of nitro benzene ring substituents is 1. The van der Waals surface area contributed by atoms with E-state index in [1.165, 1.54) is 17.2 Å². The van der Waals surface area contributed by atoms with E-state index in [2.05, 4.69) is 40.3 Å². The number of nitro groups is 1. The van der Waals surface area contributed by atoms with E-state index >= 15 is 0 Å². The molecule has 4 rings (SSSR count). The summed E-state index contributed by atoms with van der Waals surface area (Å²) in [4.78, 5) is 12.9. The molecule has 0 saturated heterocycles. The first-order valence-electron chi connectivity index (χ1n) is 8.27. The summed E-state index contributed by atoms with van der Waals surface area (Å²) < 4.78 is 1.84. The van der Waals surface area contributed by atoms with Gasteiger partial charge in [-0.05, 0) is 23.6 Å². The zero-order chi connectivity index (χ0) is 17.2. The van der Waals surface area contributed by atoms with Crippen LogP contribution in [0.5, 0.6) is 0 Å². The molecule has 2 heterocycles. The topological polar surface area (TPSA) is 64.2 Å². The number of rotatable bonds is 4. The summed E-state index contributed by atoms with van der Waals surface area (Å²) in [6, 6.07) is 15.3. The molecule has 0 atom stereocenters. The number of hydrogen-bond acceptors (Lipinski definition) is 4. The lowest BCUT2D eigenvalue weighted by Gasteiger charge is -2.26. The van der Waals surface area contributed by atoms with Crippen molar-refractivity contribution in [2.45, 2.75) is 13.1 Å². The van der Waals surface area contributed by atoms with Crippen LogP contribution in [0.3, 0.4) is 0 Å². The molecule has 1 aliphatic heterocycles. The molecule has 0 fully saturated rings. The number of benzene rings is 2. The molecule has 3 aromatic rings. The van der Waals surface area contributed by atoms with E-state index in [0.29, 0.717) is 6.67 Å². The molecule has 6 nitrogen and oxygen atoms in total. The molecule has 1 aromatic heterocycles. The second-order valence-corrected chi connectivity index (χ2v) is 6.21. The van der Waals surface area contributed by atoms with Gasteiger partial charge in [0.05, 0.1) is 23.3 Å². The highest BCUT2D eigenvalue weighted by molar-refractivity contribution is 5.81. The Morgan fingerprint density at radius 2 is 2.00 bits per heavy atom. The Morgan fingerprint density at radius 1 is 1.16 bits per heavy atom. The minimum atomic E-state index is -0.369. The largest absolute Gasteiger partial charge is 0.280 e. The lowest BCUT2D eigenvalue weighted by molar-refractivity contribution is -0.384. The van der Waals surface area contributed by atoms with E-state index in [9.17, 15) is 10.1 Å². The summed E-state index contributed by atoms with van der Waals surface area (Å²) in [5.74, 6) is 0. The van der Waals surface area contributed by atoms with Gasteiger partial charge in [-0.1, -0.05) is 36.4 Å². The van der Waals surface area contributed by atoms with Crippen LogP contribution in [-0.4, -0.2) is 32.7 Å². The standard InChI is InChI=1S/C19H18N4O2/c24-23(25)18-7-6-17-13-20-22(19(17)12-18)14-21-10-8-16(9-11-21)15-4-2-1-3-5-15/h1-8,12-13H,9-11,14H2. The number of nitrogens with zero attached hydrogens (tertiary/aromatic N) is 4. The summed E-state index contributed by atoms with van der Waals surface area (Å²) in [7, 11) is 0. The minimum absolute atomic E-state index is 0.0964. The number of non-ortho nitro benzene ring substituents is 1. The van der Waals surface area contributed by atoms with E-state index in [0.717, 1.165) is 30.4 Å². The lowest BCUT2D eigenvalue weighted by atomic mass is 10.00. The molecule has 0 N–H and O–H groups in total. The minimum Gasteiger partial charge on any atom is -0.280 e. The Kier molecular flexibility index (Phi) is 4.03. The fourth-order valence-electron chi connectivity index (χ4n) is 3.23. The lowest BCUT2D eigenvalue weighted by Crippen LogP contribution is -2.31. The van der Waals surface area contributed by atoms with E-state index < -0.39 is 0 Å². The Balaban J connectivity index is 1.52. The Labute approximate surface area is 145 Å². The molecule has 25 heavy (non-hydrogen) atoms. The molecule has 0 amide bonds. The van der Waals surface area contributed by atoms with Gasteiger partial charge < -0.3 is 0 Å². The van der Waals surface area contributed by atoms with Crippen LogP contribution in [0.2, 0.25) is 0 Å². The predicted octanol–water partition coefficient (Wildman–Crippen LogP) is 3.69. The third-order valence-electron chi connectivity index (χ3n) is 4.61. The van der Waals surface area contributed by atoms with Crippen molar-refractivity contribution in [3.05, 3.63) is 76.5 Å². The molecular weight excluding hydrogens is 316 g/mol. The molecule has 2 aromatic carbocycles. The first-order chi connectivity index (χ1) is 12.2. The maximum Gasteiger partial charge on any atom is 0.271 e. The Bertz CT molecular complexity index is 946. The van der Waals surface area contributed by atoms with Crippen LogP contribution in [0.25, 0.3) is 16.5 Å². The quantitative estimate of drug-likeness (QED) is 0.539. The van der Waals surface area contributed by atoms with Crippen molar-refractivity contribution < 1.29 is 4.92 Å². The average molecular weight is 334 g/mol. The van der Waals surface area contributed by atoms with Gasteiger partial charge in [0.1, 0.15) is 0 Å². The predicted molar refractivity (Wildman–Crippen MR) is 97.0 cm³/mol. The zero-order valence-corrected chi connectivity index (χ0v) is 13.7. The van der Waals surface area contributed by atoms with Gasteiger partial charge in [0.2, 0.25) is 0 Å². The van der Waals surface area contributed by atoms with Crippen LogP contribution >= 0.6 is 0 Å². The van der Waals surface area contributed by atoms with E-state index in [-0.39, 0.29) is 10.6 Å². The summed E-state index contributed by atoms with van der Waals surface area (Å²) in [5.41, 5.74) is 3.55. The summed E-state index contributed by atoms with van der Waals surface area (Å²) in [5, 5.41) is 16.3. The van der Waals surface area contributed by atoms with E-state index in [1.54, 1.807) is 18.3 Å². The van der Waals surface area contributed by atoms with Gasteiger partial charge in [-0.2, -0.15) is 5.10 Å². The molecule has 0 saturated carbocycles. The fraction of sp³-hybridized carbons (Fsp3) is 0.211. The van der Waals surface area contributed by atoms with Crippen molar-refractivity contribution in [1.82, 2.24) is 14.7 Å². The van der Waals surface area contributed by atoms with Crippen LogP contribution in [0.1, 0.15) is 12.0 Å². The van der Waals surface area contributed by atoms with Crippen LogP contribution in [-0.2, 0) is 6.67 Å². The van der Waals surface area contributed by atoms with Crippen molar-refractivity contribution in [3.8, 4) is 0 Å². The average Bonchev–Trinajstić information content (AvgIpc) is 3.05. The van der Waals surface area contributed by atoms with Crippen LogP contribution in [0.15, 0.2) is 60.8 Å². The maximum absolute atomic E-state index is 11.0. The van der Waals surface area contributed by atoms with Gasteiger partial charge in [-0.3, -0.25) is 19.7 Å². The first kappa shape index (κ1) is 15.5. The van der Waals surface area contributed by atoms with Gasteiger partial charge in [-0.15, -0.1) is 0 Å². The van der Waals surface area contributed by atoms with Crippen LogP contribution < -0.4 is 0 Å². The monoisotopic (exact) mass is 334 g/mol.